The molecule has 33 heavy (non-hydrogen) atoms. The van der Waals surface area contributed by atoms with Crippen LogP contribution in [0.25, 0.3) is 11.3 Å². The molecule has 166 valence electrons. The Labute approximate surface area is 186 Å². The quantitative estimate of drug-likeness (QED) is 0.431. The fourth-order valence-corrected chi connectivity index (χ4v) is 2.95. The van der Waals surface area contributed by atoms with Gasteiger partial charge in [-0.15, -0.1) is 0 Å². The lowest BCUT2D eigenvalue weighted by Crippen LogP contribution is -2.14. The molecule has 0 unspecified atom stereocenters. The van der Waals surface area contributed by atoms with E-state index in [-0.39, 0.29) is 5.56 Å². The van der Waals surface area contributed by atoms with Gasteiger partial charge in [0, 0.05) is 41.7 Å². The number of carbonyl (C=O) groups excluding carboxylic acids is 1. The summed E-state index contributed by atoms with van der Waals surface area (Å²) in [5, 5.41) is 5.79. The molecule has 0 aliphatic heterocycles. The zero-order valence-electron chi connectivity index (χ0n) is 17.3. The van der Waals surface area contributed by atoms with Gasteiger partial charge in [-0.2, -0.15) is 13.2 Å². The average molecular weight is 450 g/mol. The van der Waals surface area contributed by atoms with Crippen molar-refractivity contribution in [3.8, 4) is 11.3 Å². The number of pyridine rings is 2. The lowest BCUT2D eigenvalue weighted by atomic mass is 10.1. The van der Waals surface area contributed by atoms with Crippen LogP contribution >= 0.6 is 0 Å². The van der Waals surface area contributed by atoms with Crippen molar-refractivity contribution in [2.75, 3.05) is 10.6 Å². The molecule has 0 bridgehead atoms. The number of carbonyl (C=O) groups is 1. The molecular weight excluding hydrogens is 433 g/mol. The van der Waals surface area contributed by atoms with E-state index in [9.17, 15) is 18.0 Å². The number of nitrogens with one attached hydrogen (secondary N) is 2. The van der Waals surface area contributed by atoms with Crippen molar-refractivity contribution in [3.05, 3.63) is 90.1 Å². The highest BCUT2D eigenvalue weighted by atomic mass is 19.4. The van der Waals surface area contributed by atoms with Crippen LogP contribution in [0.2, 0.25) is 0 Å². The molecule has 0 saturated heterocycles. The standard InChI is InChI=1S/C23H17F3N6O/c1-14-4-6-17(30-21(33)16-5-7-20(29-13-16)23(24,25)26)11-19(14)32-22-28-10-8-18(31-22)15-3-2-9-27-12-15/h2-13H,1H3,(H,30,33)(H,28,31,32). The van der Waals surface area contributed by atoms with Crippen LogP contribution in [-0.4, -0.2) is 25.8 Å². The first-order valence-electron chi connectivity index (χ1n) is 9.75. The smallest absolute Gasteiger partial charge is 0.324 e. The van der Waals surface area contributed by atoms with E-state index in [1.54, 1.807) is 42.9 Å². The third-order valence-electron chi connectivity index (χ3n) is 4.67. The summed E-state index contributed by atoms with van der Waals surface area (Å²) in [6.45, 7) is 1.87. The molecule has 0 spiro atoms. The van der Waals surface area contributed by atoms with Crippen LogP contribution in [0.1, 0.15) is 21.6 Å². The minimum absolute atomic E-state index is 0.00518. The molecule has 4 aromatic rings. The van der Waals surface area contributed by atoms with Gasteiger partial charge in [0.05, 0.1) is 11.3 Å². The second-order valence-corrected chi connectivity index (χ2v) is 7.05. The van der Waals surface area contributed by atoms with Gasteiger partial charge in [-0.05, 0) is 55.0 Å². The van der Waals surface area contributed by atoms with Gasteiger partial charge in [0.25, 0.3) is 5.91 Å². The number of aromatic nitrogens is 4. The maximum atomic E-state index is 12.7. The molecule has 3 aromatic heterocycles. The van der Waals surface area contributed by atoms with Crippen molar-refractivity contribution in [3.63, 3.8) is 0 Å². The predicted octanol–water partition coefficient (Wildman–Crippen LogP) is 5.26. The van der Waals surface area contributed by atoms with Crippen molar-refractivity contribution in [1.82, 2.24) is 19.9 Å². The Hall–Kier alpha value is -4.34. The third kappa shape index (κ3) is 5.29. The number of nitrogens with zero attached hydrogens (tertiary/aromatic N) is 4. The van der Waals surface area contributed by atoms with Gasteiger partial charge in [-0.1, -0.05) is 6.07 Å². The molecule has 1 aromatic carbocycles. The van der Waals surface area contributed by atoms with Crippen molar-refractivity contribution in [2.24, 2.45) is 0 Å². The van der Waals surface area contributed by atoms with Gasteiger partial charge in [-0.25, -0.2) is 9.97 Å². The van der Waals surface area contributed by atoms with E-state index in [0.717, 1.165) is 29.5 Å². The fraction of sp³-hybridized carbons (Fsp3) is 0.0870. The zero-order chi connectivity index (χ0) is 23.4. The molecule has 0 saturated carbocycles. The summed E-state index contributed by atoms with van der Waals surface area (Å²) >= 11 is 0. The highest BCUT2D eigenvalue weighted by molar-refractivity contribution is 6.04. The fourth-order valence-electron chi connectivity index (χ4n) is 2.95. The number of rotatable bonds is 5. The van der Waals surface area contributed by atoms with Crippen molar-refractivity contribution < 1.29 is 18.0 Å². The van der Waals surface area contributed by atoms with Crippen LogP contribution in [0.3, 0.4) is 0 Å². The summed E-state index contributed by atoms with van der Waals surface area (Å²) in [6.07, 6.45) is 1.32. The van der Waals surface area contributed by atoms with Gasteiger partial charge in [0.2, 0.25) is 5.95 Å². The van der Waals surface area contributed by atoms with E-state index >= 15 is 0 Å². The van der Waals surface area contributed by atoms with E-state index < -0.39 is 17.8 Å². The van der Waals surface area contributed by atoms with E-state index in [1.807, 2.05) is 19.1 Å². The Morgan fingerprint density at radius 1 is 0.970 bits per heavy atom. The van der Waals surface area contributed by atoms with E-state index in [4.69, 9.17) is 0 Å². The summed E-state index contributed by atoms with van der Waals surface area (Å²) in [4.78, 5) is 28.6. The number of alkyl halides is 3. The van der Waals surface area contributed by atoms with Gasteiger partial charge in [0.15, 0.2) is 0 Å². The molecule has 0 aliphatic carbocycles. The molecule has 0 radical (unpaired) electrons. The van der Waals surface area contributed by atoms with E-state index in [0.29, 0.717) is 23.0 Å². The van der Waals surface area contributed by atoms with E-state index in [1.165, 1.54) is 0 Å². The number of hydrogen-bond acceptors (Lipinski definition) is 6. The van der Waals surface area contributed by atoms with Crippen LogP contribution in [0.15, 0.2) is 73.3 Å². The molecule has 1 amide bonds. The maximum Gasteiger partial charge on any atom is 0.433 e. The summed E-state index contributed by atoms with van der Waals surface area (Å²) < 4.78 is 38.0. The summed E-state index contributed by atoms with van der Waals surface area (Å²) in [5.74, 6) is -0.226. The number of halogens is 3. The maximum absolute atomic E-state index is 12.7. The van der Waals surface area contributed by atoms with Gasteiger partial charge in [-0.3, -0.25) is 14.8 Å². The largest absolute Gasteiger partial charge is 0.433 e. The first kappa shape index (κ1) is 21.9. The molecule has 4 rings (SSSR count). The monoisotopic (exact) mass is 450 g/mol. The Balaban J connectivity index is 1.51. The van der Waals surface area contributed by atoms with E-state index in [2.05, 4.69) is 30.6 Å². The van der Waals surface area contributed by atoms with Gasteiger partial charge < -0.3 is 10.6 Å². The lowest BCUT2D eigenvalue weighted by Gasteiger charge is -2.12. The Morgan fingerprint density at radius 2 is 1.82 bits per heavy atom. The van der Waals surface area contributed by atoms with Crippen molar-refractivity contribution in [2.45, 2.75) is 13.1 Å². The molecule has 2 N–H and O–H groups in total. The molecule has 10 heteroatoms. The Kier molecular flexibility index (Phi) is 5.99. The highest BCUT2D eigenvalue weighted by Crippen LogP contribution is 2.28. The Bertz CT molecular complexity index is 1280. The minimum atomic E-state index is -4.57. The van der Waals surface area contributed by atoms with Crippen LogP contribution in [0, 0.1) is 6.92 Å². The van der Waals surface area contributed by atoms with Crippen molar-refractivity contribution in [1.29, 1.82) is 0 Å². The summed E-state index contributed by atoms with van der Waals surface area (Å²) in [5.41, 5.74) is 2.45. The molecule has 0 aliphatic rings. The normalized spacial score (nSPS) is 11.2. The van der Waals surface area contributed by atoms with Crippen LogP contribution in [0.4, 0.5) is 30.5 Å². The first-order valence-corrected chi connectivity index (χ1v) is 9.75. The molecule has 0 atom stereocenters. The Morgan fingerprint density at radius 3 is 2.52 bits per heavy atom. The average Bonchev–Trinajstić information content (AvgIpc) is 2.81. The second kappa shape index (κ2) is 9.03. The number of benzene rings is 1. The number of hydrogen-bond donors (Lipinski definition) is 2. The molecule has 3 heterocycles. The summed E-state index contributed by atoms with van der Waals surface area (Å²) in [6, 6.07) is 12.5. The zero-order valence-corrected chi connectivity index (χ0v) is 17.3. The number of amides is 1. The van der Waals surface area contributed by atoms with Crippen LogP contribution < -0.4 is 10.6 Å². The molecule has 0 fully saturated rings. The lowest BCUT2D eigenvalue weighted by molar-refractivity contribution is -0.141. The SMILES string of the molecule is Cc1ccc(NC(=O)c2ccc(C(F)(F)F)nc2)cc1Nc1nccc(-c2cccnc2)n1. The highest BCUT2D eigenvalue weighted by Gasteiger charge is 2.32. The third-order valence-corrected chi connectivity index (χ3v) is 4.67. The second-order valence-electron chi connectivity index (χ2n) is 7.05. The molecular formula is C23H17F3N6O. The minimum Gasteiger partial charge on any atom is -0.324 e. The molecule has 7 nitrogen and oxygen atoms in total. The topological polar surface area (TPSA) is 92.7 Å². The number of anilines is 3. The van der Waals surface area contributed by atoms with Gasteiger partial charge in [0.1, 0.15) is 5.69 Å². The number of aryl methyl sites for hydroxylation is 1. The predicted molar refractivity (Wildman–Crippen MR) is 117 cm³/mol. The van der Waals surface area contributed by atoms with Crippen molar-refractivity contribution >= 4 is 23.2 Å². The summed E-state index contributed by atoms with van der Waals surface area (Å²) in [7, 11) is 0. The van der Waals surface area contributed by atoms with Crippen LogP contribution in [-0.2, 0) is 6.18 Å². The van der Waals surface area contributed by atoms with Gasteiger partial charge >= 0.3 is 6.18 Å². The first-order chi connectivity index (χ1) is 15.8. The van der Waals surface area contributed by atoms with Crippen LogP contribution in [0.5, 0.6) is 0 Å².